The number of ether oxygens (including phenoxy) is 2. The SMILES string of the molecule is CC(C)S(=O)(=O)N1CC2(C1)OCC[C@@H]2COc1ccccn1. The van der Waals surface area contributed by atoms with Gasteiger partial charge in [-0.1, -0.05) is 6.07 Å². The minimum Gasteiger partial charge on any atom is -0.477 e. The van der Waals surface area contributed by atoms with Crippen LogP contribution in [0.25, 0.3) is 0 Å². The molecule has 1 aromatic rings. The summed E-state index contributed by atoms with van der Waals surface area (Å²) in [6.07, 6.45) is 2.58. The van der Waals surface area contributed by atoms with E-state index >= 15 is 0 Å². The van der Waals surface area contributed by atoms with E-state index in [4.69, 9.17) is 9.47 Å². The number of sulfonamides is 1. The van der Waals surface area contributed by atoms with Crippen molar-refractivity contribution in [1.82, 2.24) is 9.29 Å². The van der Waals surface area contributed by atoms with Crippen molar-refractivity contribution in [3.8, 4) is 5.88 Å². The maximum Gasteiger partial charge on any atom is 0.216 e. The highest BCUT2D eigenvalue weighted by Gasteiger charge is 2.56. The molecule has 0 N–H and O–H groups in total. The lowest BCUT2D eigenvalue weighted by Crippen LogP contribution is -2.67. The molecule has 122 valence electrons. The Bertz CT molecular complexity index is 612. The Balaban J connectivity index is 1.61. The number of rotatable bonds is 5. The van der Waals surface area contributed by atoms with E-state index in [9.17, 15) is 8.42 Å². The van der Waals surface area contributed by atoms with Crippen LogP contribution < -0.4 is 4.74 Å². The third-order valence-corrected chi connectivity index (χ3v) is 6.68. The van der Waals surface area contributed by atoms with Crippen LogP contribution in [-0.2, 0) is 14.8 Å². The fourth-order valence-electron chi connectivity index (χ4n) is 3.02. The van der Waals surface area contributed by atoms with Gasteiger partial charge in [0.2, 0.25) is 15.9 Å². The standard InChI is InChI=1S/C15H22N2O4S/c1-12(2)22(18,19)17-10-15(11-17)13(6-8-21-15)9-20-14-5-3-4-7-16-14/h3-5,7,12-13H,6,8-11H2,1-2H3/t13-/m1/s1. The summed E-state index contributed by atoms with van der Waals surface area (Å²) in [7, 11) is -3.19. The zero-order valence-corrected chi connectivity index (χ0v) is 13.8. The van der Waals surface area contributed by atoms with Crippen molar-refractivity contribution < 1.29 is 17.9 Å². The van der Waals surface area contributed by atoms with Crippen LogP contribution in [0.2, 0.25) is 0 Å². The molecule has 2 aliphatic rings. The van der Waals surface area contributed by atoms with Crippen LogP contribution in [0.15, 0.2) is 24.4 Å². The molecule has 0 bridgehead atoms. The largest absolute Gasteiger partial charge is 0.477 e. The fourth-order valence-corrected chi connectivity index (χ4v) is 4.41. The minimum atomic E-state index is -3.19. The third-order valence-electron chi connectivity index (χ3n) is 4.51. The molecule has 1 aromatic heterocycles. The van der Waals surface area contributed by atoms with Gasteiger partial charge in [-0.2, -0.15) is 4.31 Å². The van der Waals surface area contributed by atoms with Crippen molar-refractivity contribution in [2.45, 2.75) is 31.1 Å². The van der Waals surface area contributed by atoms with Gasteiger partial charge in [0.1, 0.15) is 5.60 Å². The first-order valence-electron chi connectivity index (χ1n) is 7.61. The first-order chi connectivity index (χ1) is 10.4. The lowest BCUT2D eigenvalue weighted by atomic mass is 9.83. The summed E-state index contributed by atoms with van der Waals surface area (Å²) < 4.78 is 37.5. The summed E-state index contributed by atoms with van der Waals surface area (Å²) in [4.78, 5) is 4.14. The average molecular weight is 326 g/mol. The van der Waals surface area contributed by atoms with E-state index in [1.807, 2.05) is 18.2 Å². The second kappa shape index (κ2) is 5.79. The summed E-state index contributed by atoms with van der Waals surface area (Å²) in [5, 5.41) is -0.394. The predicted octanol–water partition coefficient (Wildman–Crippen LogP) is 1.29. The number of aromatic nitrogens is 1. The molecule has 2 fully saturated rings. The molecule has 0 unspecified atom stereocenters. The maximum atomic E-state index is 12.2. The summed E-state index contributed by atoms with van der Waals surface area (Å²) in [6, 6.07) is 5.54. The van der Waals surface area contributed by atoms with Crippen molar-refractivity contribution in [2.75, 3.05) is 26.3 Å². The molecule has 22 heavy (non-hydrogen) atoms. The molecule has 0 amide bonds. The normalized spacial score (nSPS) is 24.6. The Morgan fingerprint density at radius 3 is 2.86 bits per heavy atom. The molecule has 3 rings (SSSR count). The van der Waals surface area contributed by atoms with E-state index < -0.39 is 15.3 Å². The zero-order valence-electron chi connectivity index (χ0n) is 12.9. The molecular formula is C15H22N2O4S. The van der Waals surface area contributed by atoms with Crippen LogP contribution in [0.1, 0.15) is 20.3 Å². The molecule has 3 heterocycles. The Kier molecular flexibility index (Phi) is 4.13. The molecule has 0 aliphatic carbocycles. The maximum absolute atomic E-state index is 12.2. The first kappa shape index (κ1) is 15.7. The molecule has 2 aliphatic heterocycles. The molecule has 1 spiro atoms. The van der Waals surface area contributed by atoms with Gasteiger partial charge in [-0.15, -0.1) is 0 Å². The Labute approximate surface area is 131 Å². The Morgan fingerprint density at radius 2 is 2.23 bits per heavy atom. The number of nitrogens with zero attached hydrogens (tertiary/aromatic N) is 2. The first-order valence-corrected chi connectivity index (χ1v) is 9.11. The number of hydrogen-bond donors (Lipinski definition) is 0. The van der Waals surface area contributed by atoms with Crippen molar-refractivity contribution in [1.29, 1.82) is 0 Å². The Hall–Kier alpha value is -1.18. The van der Waals surface area contributed by atoms with E-state index in [2.05, 4.69) is 4.98 Å². The fraction of sp³-hybridized carbons (Fsp3) is 0.667. The molecular weight excluding hydrogens is 304 g/mol. The third kappa shape index (κ3) is 2.73. The molecule has 1 atom stereocenters. The van der Waals surface area contributed by atoms with Gasteiger partial charge in [0.15, 0.2) is 0 Å². The summed E-state index contributed by atoms with van der Waals surface area (Å²) in [5.74, 6) is 0.795. The summed E-state index contributed by atoms with van der Waals surface area (Å²) in [6.45, 7) is 5.45. The van der Waals surface area contributed by atoms with Gasteiger partial charge in [-0.05, 0) is 26.3 Å². The second-order valence-electron chi connectivity index (χ2n) is 6.24. The van der Waals surface area contributed by atoms with Gasteiger partial charge < -0.3 is 9.47 Å². The van der Waals surface area contributed by atoms with E-state index in [0.29, 0.717) is 32.2 Å². The summed E-state index contributed by atoms with van der Waals surface area (Å²) >= 11 is 0. The molecule has 2 saturated heterocycles. The second-order valence-corrected chi connectivity index (χ2v) is 8.73. The van der Waals surface area contributed by atoms with Crippen LogP contribution in [-0.4, -0.2) is 54.9 Å². The van der Waals surface area contributed by atoms with Crippen molar-refractivity contribution in [3.05, 3.63) is 24.4 Å². The van der Waals surface area contributed by atoms with Crippen LogP contribution in [0, 0.1) is 5.92 Å². The van der Waals surface area contributed by atoms with E-state index in [-0.39, 0.29) is 11.5 Å². The van der Waals surface area contributed by atoms with Crippen LogP contribution >= 0.6 is 0 Å². The van der Waals surface area contributed by atoms with Gasteiger partial charge in [-0.3, -0.25) is 0 Å². The minimum absolute atomic E-state index is 0.202. The van der Waals surface area contributed by atoms with Gasteiger partial charge in [0.05, 0.1) is 11.9 Å². The van der Waals surface area contributed by atoms with Gasteiger partial charge in [-0.25, -0.2) is 13.4 Å². The van der Waals surface area contributed by atoms with E-state index in [1.165, 1.54) is 4.31 Å². The van der Waals surface area contributed by atoms with E-state index in [1.54, 1.807) is 20.0 Å². The molecule has 0 saturated carbocycles. The predicted molar refractivity (Wildman–Crippen MR) is 82.2 cm³/mol. The molecule has 6 nitrogen and oxygen atoms in total. The van der Waals surface area contributed by atoms with Crippen LogP contribution in [0.4, 0.5) is 0 Å². The molecule has 0 radical (unpaired) electrons. The molecule has 7 heteroatoms. The van der Waals surface area contributed by atoms with Gasteiger partial charge >= 0.3 is 0 Å². The van der Waals surface area contributed by atoms with Crippen molar-refractivity contribution in [3.63, 3.8) is 0 Å². The van der Waals surface area contributed by atoms with Crippen LogP contribution in [0.5, 0.6) is 5.88 Å². The summed E-state index contributed by atoms with van der Waals surface area (Å²) in [5.41, 5.74) is -0.378. The zero-order chi connectivity index (χ0) is 15.8. The average Bonchev–Trinajstić information content (AvgIpc) is 2.88. The van der Waals surface area contributed by atoms with Gasteiger partial charge in [0.25, 0.3) is 0 Å². The van der Waals surface area contributed by atoms with Crippen molar-refractivity contribution in [2.24, 2.45) is 5.92 Å². The van der Waals surface area contributed by atoms with Crippen LogP contribution in [0.3, 0.4) is 0 Å². The smallest absolute Gasteiger partial charge is 0.216 e. The van der Waals surface area contributed by atoms with E-state index in [0.717, 1.165) is 6.42 Å². The van der Waals surface area contributed by atoms with Gasteiger partial charge in [0, 0.05) is 37.9 Å². The highest BCUT2D eigenvalue weighted by Crippen LogP contribution is 2.41. The quantitative estimate of drug-likeness (QED) is 0.815. The lowest BCUT2D eigenvalue weighted by Gasteiger charge is -2.49. The Morgan fingerprint density at radius 1 is 1.45 bits per heavy atom. The topological polar surface area (TPSA) is 68.7 Å². The lowest BCUT2D eigenvalue weighted by molar-refractivity contribution is -0.107. The van der Waals surface area contributed by atoms with Crippen molar-refractivity contribution >= 4 is 10.0 Å². The highest BCUT2D eigenvalue weighted by molar-refractivity contribution is 7.89. The number of pyridine rings is 1. The highest BCUT2D eigenvalue weighted by atomic mass is 32.2. The molecule has 0 aromatic carbocycles. The monoisotopic (exact) mass is 326 g/mol. The number of hydrogen-bond acceptors (Lipinski definition) is 5.